The first-order valence-electron chi connectivity index (χ1n) is 21.2. The van der Waals surface area contributed by atoms with Crippen LogP contribution in [0.4, 0.5) is 52.7 Å². The molecule has 6 aromatic rings. The molecular formula is C52H46F12O3. The van der Waals surface area contributed by atoms with Crippen molar-refractivity contribution < 1.29 is 66.9 Å². The second kappa shape index (κ2) is 20.6. The molecule has 2 atom stereocenters. The van der Waals surface area contributed by atoms with Crippen LogP contribution in [0.5, 0.6) is 11.5 Å². The number of methoxy groups -OCH3 is 2. The summed E-state index contributed by atoms with van der Waals surface area (Å²) in [6, 6.07) is 26.5. The van der Waals surface area contributed by atoms with Gasteiger partial charge in [-0.3, -0.25) is 0 Å². The minimum Gasteiger partial charge on any atom is -0.456 e. The molecule has 0 spiro atoms. The number of aryl methyl sites for hydroxylation is 2. The Kier molecular flexibility index (Phi) is 15.6. The van der Waals surface area contributed by atoms with Crippen molar-refractivity contribution in [2.75, 3.05) is 14.2 Å². The number of halogens is 12. The van der Waals surface area contributed by atoms with Crippen LogP contribution in [0.1, 0.15) is 80.6 Å². The van der Waals surface area contributed by atoms with Crippen molar-refractivity contribution in [2.45, 2.75) is 88.8 Å². The summed E-state index contributed by atoms with van der Waals surface area (Å²) < 4.78 is 202. The Morgan fingerprint density at radius 3 is 1.06 bits per heavy atom. The highest BCUT2D eigenvalue weighted by atomic mass is 19.4. The molecule has 2 unspecified atom stereocenters. The lowest BCUT2D eigenvalue weighted by molar-refractivity contribution is -0.212. The third-order valence-corrected chi connectivity index (χ3v) is 11.7. The van der Waals surface area contributed by atoms with Gasteiger partial charge >= 0.3 is 24.2 Å². The fraction of sp³-hybridized carbons (Fsp3) is 0.308. The summed E-state index contributed by atoms with van der Waals surface area (Å²) >= 11 is 0. The number of ether oxygens (including phenoxy) is 3. The van der Waals surface area contributed by atoms with E-state index in [0.717, 1.165) is 23.3 Å². The molecule has 356 valence electrons. The standard InChI is InChI=1S/C52H46F12O3/c1-5-31-15-19-33(20-16-31)27-35-11-7-9-13-39(35)49(55,56)45-41(25-23-37(47(45)53)29-43(65-3)51(59,60)61)67-42-26-24-38(30-44(66-4)52(62,63)64)48(54)46(42)50(57,58)40-14-10-8-12-36(40)28-34-21-17-32(6-2)18-22-34/h7-26,43-44H,5-6,27-30H2,1-4H3. The molecule has 3 nitrogen and oxygen atoms in total. The van der Waals surface area contributed by atoms with Crippen LogP contribution in [0.15, 0.2) is 121 Å². The molecule has 0 heterocycles. The first-order chi connectivity index (χ1) is 31.6. The molecule has 67 heavy (non-hydrogen) atoms. The molecule has 6 aromatic carbocycles. The Bertz CT molecular complexity index is 2440. The Morgan fingerprint density at radius 2 is 0.746 bits per heavy atom. The lowest BCUT2D eigenvalue weighted by Gasteiger charge is -2.28. The SMILES string of the molecule is CCc1ccc(Cc2ccccc2C(F)(F)c2c(Oc3ccc(CC(OC)C(F)(F)F)c(F)c3C(F)(F)c3ccccc3Cc3ccc(CC)cc3)ccc(CC(OC)C(F)(F)F)c2F)cc1. The first-order valence-corrected chi connectivity index (χ1v) is 21.2. The highest BCUT2D eigenvalue weighted by molar-refractivity contribution is 5.55. The molecule has 0 fully saturated rings. The van der Waals surface area contributed by atoms with Gasteiger partial charge in [0.15, 0.2) is 12.2 Å². The van der Waals surface area contributed by atoms with E-state index in [1.165, 1.54) is 36.4 Å². The molecule has 0 aromatic heterocycles. The van der Waals surface area contributed by atoms with E-state index in [-0.39, 0.29) is 24.0 Å². The molecular weight excluding hydrogens is 901 g/mol. The largest absolute Gasteiger partial charge is 0.456 e. The van der Waals surface area contributed by atoms with Crippen LogP contribution in [-0.4, -0.2) is 38.8 Å². The van der Waals surface area contributed by atoms with Gasteiger partial charge in [0.25, 0.3) is 0 Å². The van der Waals surface area contributed by atoms with Crippen LogP contribution in [0.25, 0.3) is 0 Å². The van der Waals surface area contributed by atoms with Gasteiger partial charge in [-0.2, -0.15) is 43.9 Å². The third kappa shape index (κ3) is 11.3. The second-order valence-corrected chi connectivity index (χ2v) is 16.0. The summed E-state index contributed by atoms with van der Waals surface area (Å²) in [5, 5.41) is 0. The topological polar surface area (TPSA) is 27.7 Å². The highest BCUT2D eigenvalue weighted by Crippen LogP contribution is 2.50. The molecule has 0 N–H and O–H groups in total. The van der Waals surface area contributed by atoms with Crippen molar-refractivity contribution in [1.82, 2.24) is 0 Å². The smallest absolute Gasteiger partial charge is 0.414 e. The zero-order chi connectivity index (χ0) is 48.9. The number of hydrogen-bond acceptors (Lipinski definition) is 3. The molecule has 0 aliphatic carbocycles. The predicted octanol–water partition coefficient (Wildman–Crippen LogP) is 14.6. The van der Waals surface area contributed by atoms with E-state index in [1.54, 1.807) is 48.5 Å². The monoisotopic (exact) mass is 946 g/mol. The van der Waals surface area contributed by atoms with Gasteiger partial charge < -0.3 is 14.2 Å². The minimum atomic E-state index is -5.08. The van der Waals surface area contributed by atoms with Crippen LogP contribution >= 0.6 is 0 Å². The van der Waals surface area contributed by atoms with Crippen LogP contribution in [0.2, 0.25) is 0 Å². The summed E-state index contributed by atoms with van der Waals surface area (Å²) in [7, 11) is 1.38. The van der Waals surface area contributed by atoms with E-state index < -0.39 is 106 Å². The van der Waals surface area contributed by atoms with Crippen molar-refractivity contribution in [3.63, 3.8) is 0 Å². The molecule has 0 saturated heterocycles. The van der Waals surface area contributed by atoms with Crippen molar-refractivity contribution in [1.29, 1.82) is 0 Å². The van der Waals surface area contributed by atoms with Crippen molar-refractivity contribution in [2.24, 2.45) is 0 Å². The molecule has 0 aliphatic heterocycles. The Morgan fingerprint density at radius 1 is 0.418 bits per heavy atom. The molecule has 0 bridgehead atoms. The number of rotatable bonds is 18. The first kappa shape index (κ1) is 50.6. The second-order valence-electron chi connectivity index (χ2n) is 16.0. The molecule has 0 radical (unpaired) electrons. The van der Waals surface area contributed by atoms with Gasteiger partial charge in [-0.15, -0.1) is 0 Å². The van der Waals surface area contributed by atoms with Crippen molar-refractivity contribution in [3.05, 3.63) is 200 Å². The maximum atomic E-state index is 17.5. The zero-order valence-electron chi connectivity index (χ0n) is 36.7. The van der Waals surface area contributed by atoms with E-state index >= 15 is 26.3 Å². The summed E-state index contributed by atoms with van der Waals surface area (Å²) in [6.07, 6.45) is -17.0. The highest BCUT2D eigenvalue weighted by Gasteiger charge is 2.48. The maximum Gasteiger partial charge on any atom is 0.414 e. The van der Waals surface area contributed by atoms with E-state index in [4.69, 9.17) is 4.74 Å². The molecule has 15 heteroatoms. The average molecular weight is 947 g/mol. The summed E-state index contributed by atoms with van der Waals surface area (Å²) in [6.45, 7) is 3.83. The van der Waals surface area contributed by atoms with Gasteiger partial charge in [0.1, 0.15) is 34.3 Å². The normalized spacial score (nSPS) is 13.4. The Labute approximate surface area is 380 Å². The molecule has 0 amide bonds. The van der Waals surface area contributed by atoms with E-state index in [9.17, 15) is 26.3 Å². The lowest BCUT2D eigenvalue weighted by atomic mass is 9.89. The molecule has 0 aliphatic rings. The lowest BCUT2D eigenvalue weighted by Crippen LogP contribution is -2.33. The van der Waals surface area contributed by atoms with Gasteiger partial charge in [-0.1, -0.05) is 123 Å². The molecule has 6 rings (SSSR count). The van der Waals surface area contributed by atoms with Gasteiger partial charge in [0, 0.05) is 38.2 Å². The Hall–Kier alpha value is -5.80. The van der Waals surface area contributed by atoms with Crippen molar-refractivity contribution in [3.8, 4) is 11.5 Å². The predicted molar refractivity (Wildman–Crippen MR) is 230 cm³/mol. The van der Waals surface area contributed by atoms with Crippen molar-refractivity contribution >= 4 is 0 Å². The fourth-order valence-corrected chi connectivity index (χ4v) is 7.91. The van der Waals surface area contributed by atoms with E-state index in [0.29, 0.717) is 62.5 Å². The van der Waals surface area contributed by atoms with Crippen LogP contribution in [0.3, 0.4) is 0 Å². The number of benzene rings is 6. The number of alkyl halides is 10. The van der Waals surface area contributed by atoms with E-state index in [1.807, 2.05) is 13.8 Å². The summed E-state index contributed by atoms with van der Waals surface area (Å²) in [5.41, 5.74) is -3.86. The fourth-order valence-electron chi connectivity index (χ4n) is 7.91. The van der Waals surface area contributed by atoms with Gasteiger partial charge in [0.05, 0.1) is 0 Å². The molecule has 0 saturated carbocycles. The zero-order valence-corrected chi connectivity index (χ0v) is 36.7. The summed E-state index contributed by atoms with van der Waals surface area (Å²) in [4.78, 5) is 0. The minimum absolute atomic E-state index is 0.0431. The van der Waals surface area contributed by atoms with Crippen LogP contribution < -0.4 is 4.74 Å². The number of hydrogen-bond donors (Lipinski definition) is 0. The Balaban J connectivity index is 1.56. The van der Waals surface area contributed by atoms with Gasteiger partial charge in [-0.05, 0) is 82.3 Å². The van der Waals surface area contributed by atoms with Gasteiger partial charge in [0.2, 0.25) is 0 Å². The van der Waals surface area contributed by atoms with Crippen LogP contribution in [0, 0.1) is 11.6 Å². The quantitative estimate of drug-likeness (QED) is 0.0804. The van der Waals surface area contributed by atoms with Crippen LogP contribution in [-0.2, 0) is 59.8 Å². The van der Waals surface area contributed by atoms with Gasteiger partial charge in [-0.25, -0.2) is 8.78 Å². The third-order valence-electron chi connectivity index (χ3n) is 11.7. The van der Waals surface area contributed by atoms with E-state index in [2.05, 4.69) is 9.47 Å². The summed E-state index contributed by atoms with van der Waals surface area (Å²) in [5.74, 6) is -15.2. The average Bonchev–Trinajstić information content (AvgIpc) is 3.28. The maximum absolute atomic E-state index is 17.5.